The molecule has 0 radical (unpaired) electrons. The Morgan fingerprint density at radius 2 is 2.24 bits per heavy atom. The van der Waals surface area contributed by atoms with Gasteiger partial charge in [-0.2, -0.15) is 0 Å². The average molecular weight is 258 g/mol. The van der Waals surface area contributed by atoms with Crippen LogP contribution in [0.25, 0.3) is 0 Å². The normalized spacial score (nSPS) is 19.1. The van der Waals surface area contributed by atoms with Crippen LogP contribution in [0.5, 0.6) is 0 Å². The highest BCUT2D eigenvalue weighted by molar-refractivity contribution is 6.31. The Labute approximate surface area is 106 Å². The van der Waals surface area contributed by atoms with Crippen molar-refractivity contribution < 1.29 is 9.50 Å². The number of benzene rings is 1. The molecule has 1 unspecified atom stereocenters. The van der Waals surface area contributed by atoms with Gasteiger partial charge in [0.2, 0.25) is 0 Å². The third-order valence-electron chi connectivity index (χ3n) is 2.93. The zero-order valence-electron chi connectivity index (χ0n) is 9.84. The van der Waals surface area contributed by atoms with Gasteiger partial charge in [-0.25, -0.2) is 4.39 Å². The van der Waals surface area contributed by atoms with E-state index in [1.165, 1.54) is 31.0 Å². The van der Waals surface area contributed by atoms with Crippen molar-refractivity contribution in [1.82, 2.24) is 5.32 Å². The first-order valence-corrected chi connectivity index (χ1v) is 6.24. The van der Waals surface area contributed by atoms with Crippen LogP contribution in [0.15, 0.2) is 18.2 Å². The highest BCUT2D eigenvalue weighted by Crippen LogP contribution is 2.24. The van der Waals surface area contributed by atoms with Crippen LogP contribution in [0.2, 0.25) is 5.02 Å². The van der Waals surface area contributed by atoms with E-state index in [1.54, 1.807) is 6.92 Å². The summed E-state index contributed by atoms with van der Waals surface area (Å²) in [5, 5.41) is 14.0. The Morgan fingerprint density at radius 1 is 1.53 bits per heavy atom. The van der Waals surface area contributed by atoms with Crippen molar-refractivity contribution in [1.29, 1.82) is 0 Å². The molecular weight excluding hydrogens is 241 g/mol. The Kier molecular flexibility index (Phi) is 3.71. The molecule has 1 aromatic rings. The van der Waals surface area contributed by atoms with Crippen molar-refractivity contribution in [3.8, 4) is 0 Å². The third kappa shape index (κ3) is 3.95. The lowest BCUT2D eigenvalue weighted by Gasteiger charge is -2.24. The quantitative estimate of drug-likeness (QED) is 0.850. The summed E-state index contributed by atoms with van der Waals surface area (Å²) < 4.78 is 13.1. The first-order valence-electron chi connectivity index (χ1n) is 5.86. The van der Waals surface area contributed by atoms with Gasteiger partial charge >= 0.3 is 0 Å². The minimum absolute atomic E-state index is 0.324. The van der Waals surface area contributed by atoms with E-state index in [2.05, 4.69) is 5.32 Å². The molecule has 0 saturated heterocycles. The fourth-order valence-electron chi connectivity index (χ4n) is 1.80. The predicted molar refractivity (Wildman–Crippen MR) is 66.8 cm³/mol. The summed E-state index contributed by atoms with van der Waals surface area (Å²) in [7, 11) is 0. The third-order valence-corrected chi connectivity index (χ3v) is 3.30. The molecule has 1 aliphatic rings. The second kappa shape index (κ2) is 4.92. The lowest BCUT2D eigenvalue weighted by molar-refractivity contribution is 0.0597. The molecule has 0 aliphatic heterocycles. The molecule has 0 amide bonds. The fourth-order valence-corrected chi connectivity index (χ4v) is 1.99. The summed E-state index contributed by atoms with van der Waals surface area (Å²) in [6.45, 7) is 2.24. The minimum Gasteiger partial charge on any atom is -0.389 e. The van der Waals surface area contributed by atoms with Gasteiger partial charge in [-0.1, -0.05) is 11.6 Å². The van der Waals surface area contributed by atoms with Crippen LogP contribution in [0, 0.1) is 5.82 Å². The van der Waals surface area contributed by atoms with E-state index in [-0.39, 0.29) is 5.82 Å². The van der Waals surface area contributed by atoms with Crippen LogP contribution in [0.1, 0.15) is 25.3 Å². The second-order valence-corrected chi connectivity index (χ2v) is 5.47. The molecule has 2 nitrogen and oxygen atoms in total. The summed E-state index contributed by atoms with van der Waals surface area (Å²) in [6.07, 6.45) is 2.71. The molecule has 1 aliphatic carbocycles. The summed E-state index contributed by atoms with van der Waals surface area (Å²) in [6, 6.07) is 4.78. The molecular formula is C13H17ClFNO. The minimum atomic E-state index is -0.903. The van der Waals surface area contributed by atoms with Gasteiger partial charge < -0.3 is 10.4 Å². The zero-order chi connectivity index (χ0) is 12.5. The molecule has 0 bridgehead atoms. The SMILES string of the molecule is CC(O)(CNC1CC1)Cc1cc(F)ccc1Cl. The topological polar surface area (TPSA) is 32.3 Å². The molecule has 0 aromatic heterocycles. The van der Waals surface area contributed by atoms with Crippen molar-refractivity contribution in [3.63, 3.8) is 0 Å². The smallest absolute Gasteiger partial charge is 0.123 e. The summed E-state index contributed by atoms with van der Waals surface area (Å²) >= 11 is 5.98. The molecule has 94 valence electrons. The fraction of sp³-hybridized carbons (Fsp3) is 0.538. The summed E-state index contributed by atoms with van der Waals surface area (Å²) in [5.74, 6) is -0.324. The lowest BCUT2D eigenvalue weighted by atomic mass is 9.96. The maximum atomic E-state index is 13.1. The van der Waals surface area contributed by atoms with Gasteiger partial charge in [0, 0.05) is 24.0 Å². The highest BCUT2D eigenvalue weighted by Gasteiger charge is 2.27. The van der Waals surface area contributed by atoms with E-state index >= 15 is 0 Å². The van der Waals surface area contributed by atoms with Crippen LogP contribution in [0.4, 0.5) is 4.39 Å². The van der Waals surface area contributed by atoms with E-state index in [0.29, 0.717) is 29.6 Å². The van der Waals surface area contributed by atoms with E-state index < -0.39 is 5.60 Å². The molecule has 2 rings (SSSR count). The van der Waals surface area contributed by atoms with E-state index in [4.69, 9.17) is 11.6 Å². The zero-order valence-corrected chi connectivity index (χ0v) is 10.6. The highest BCUT2D eigenvalue weighted by atomic mass is 35.5. The van der Waals surface area contributed by atoms with Crippen molar-refractivity contribution in [2.45, 2.75) is 37.8 Å². The van der Waals surface area contributed by atoms with Crippen LogP contribution in [-0.4, -0.2) is 23.3 Å². The first kappa shape index (κ1) is 12.8. The van der Waals surface area contributed by atoms with Crippen LogP contribution in [-0.2, 0) is 6.42 Å². The standard InChI is InChI=1S/C13H17ClFNO/c1-13(17,8-16-11-3-4-11)7-9-6-10(15)2-5-12(9)14/h2,5-6,11,16-17H,3-4,7-8H2,1H3. The Balaban J connectivity index is 1.99. The van der Waals surface area contributed by atoms with Gasteiger partial charge in [0.05, 0.1) is 5.60 Å². The Morgan fingerprint density at radius 3 is 2.88 bits per heavy atom. The number of nitrogens with one attached hydrogen (secondary N) is 1. The van der Waals surface area contributed by atoms with Gasteiger partial charge in [-0.05, 0) is 43.5 Å². The van der Waals surface area contributed by atoms with Crippen molar-refractivity contribution in [2.75, 3.05) is 6.54 Å². The molecule has 4 heteroatoms. The number of hydrogen-bond donors (Lipinski definition) is 2. The van der Waals surface area contributed by atoms with Crippen LogP contribution in [0.3, 0.4) is 0 Å². The van der Waals surface area contributed by atoms with Gasteiger partial charge in [-0.15, -0.1) is 0 Å². The van der Waals surface area contributed by atoms with Gasteiger partial charge in [0.25, 0.3) is 0 Å². The molecule has 0 spiro atoms. The Bertz CT molecular complexity index is 404. The number of halogens is 2. The van der Waals surface area contributed by atoms with E-state index in [9.17, 15) is 9.50 Å². The van der Waals surface area contributed by atoms with Crippen molar-refractivity contribution in [2.24, 2.45) is 0 Å². The van der Waals surface area contributed by atoms with Gasteiger partial charge in [0.15, 0.2) is 0 Å². The molecule has 1 saturated carbocycles. The second-order valence-electron chi connectivity index (χ2n) is 5.06. The number of hydrogen-bond acceptors (Lipinski definition) is 2. The molecule has 1 fully saturated rings. The largest absolute Gasteiger partial charge is 0.389 e. The molecule has 2 N–H and O–H groups in total. The monoisotopic (exact) mass is 257 g/mol. The van der Waals surface area contributed by atoms with E-state index in [1.807, 2.05) is 0 Å². The van der Waals surface area contributed by atoms with Gasteiger partial charge in [0.1, 0.15) is 5.82 Å². The van der Waals surface area contributed by atoms with Crippen LogP contribution >= 0.6 is 11.6 Å². The average Bonchev–Trinajstić information content (AvgIpc) is 3.04. The maximum Gasteiger partial charge on any atom is 0.123 e. The van der Waals surface area contributed by atoms with Crippen molar-refractivity contribution in [3.05, 3.63) is 34.6 Å². The summed E-state index contributed by atoms with van der Waals surface area (Å²) in [4.78, 5) is 0. The van der Waals surface area contributed by atoms with Crippen LogP contribution < -0.4 is 5.32 Å². The number of rotatable bonds is 5. The molecule has 1 atom stereocenters. The first-order chi connectivity index (χ1) is 7.96. The Hall–Kier alpha value is -0.640. The molecule has 1 aromatic carbocycles. The van der Waals surface area contributed by atoms with Gasteiger partial charge in [-0.3, -0.25) is 0 Å². The summed E-state index contributed by atoms with van der Waals surface area (Å²) in [5.41, 5.74) is -0.255. The molecule has 0 heterocycles. The molecule has 17 heavy (non-hydrogen) atoms. The number of aliphatic hydroxyl groups is 1. The van der Waals surface area contributed by atoms with E-state index in [0.717, 1.165) is 0 Å². The maximum absolute atomic E-state index is 13.1. The predicted octanol–water partition coefficient (Wildman–Crippen LogP) is 2.52. The van der Waals surface area contributed by atoms with Crippen molar-refractivity contribution >= 4 is 11.6 Å². The lowest BCUT2D eigenvalue weighted by Crippen LogP contribution is -2.40.